The summed E-state index contributed by atoms with van der Waals surface area (Å²) in [6.07, 6.45) is 2.23. The van der Waals surface area contributed by atoms with Gasteiger partial charge in [0.25, 0.3) is 10.0 Å². The van der Waals surface area contributed by atoms with Gasteiger partial charge in [0.15, 0.2) is 6.19 Å². The molecule has 74 valence electrons. The Morgan fingerprint density at radius 1 is 1.64 bits per heavy atom. The predicted molar refractivity (Wildman–Crippen MR) is 43.7 cm³/mol. The molecule has 0 unspecified atom stereocenters. The van der Waals surface area contributed by atoms with Crippen LogP contribution >= 0.6 is 0 Å². The number of rotatable bonds is 3. The van der Waals surface area contributed by atoms with Gasteiger partial charge in [-0.25, -0.2) is 17.9 Å². The summed E-state index contributed by atoms with van der Waals surface area (Å²) in [5.41, 5.74) is -0.261. The number of carboxylic acid groups (broad SMARTS) is 1. The zero-order valence-electron chi connectivity index (χ0n) is 6.68. The van der Waals surface area contributed by atoms with Crippen molar-refractivity contribution in [2.45, 2.75) is 4.90 Å². The van der Waals surface area contributed by atoms with Gasteiger partial charge in [-0.15, -0.1) is 0 Å². The van der Waals surface area contributed by atoms with Crippen molar-refractivity contribution >= 4 is 16.0 Å². The second kappa shape index (κ2) is 3.39. The third-order valence-corrected chi connectivity index (χ3v) is 2.59. The van der Waals surface area contributed by atoms with Crippen LogP contribution in [0.3, 0.4) is 0 Å². The van der Waals surface area contributed by atoms with E-state index in [0.29, 0.717) is 0 Å². The molecule has 0 spiro atoms. The molecule has 3 N–H and O–H groups in total. The molecule has 1 rings (SSSR count). The highest BCUT2D eigenvalue weighted by molar-refractivity contribution is 7.89. The first kappa shape index (κ1) is 10.1. The number of nitrogens with zero attached hydrogens (tertiary/aromatic N) is 1. The Labute approximate surface area is 79.0 Å². The molecular weight excluding hydrogens is 210 g/mol. The molecule has 0 atom stereocenters. The molecule has 0 aromatic carbocycles. The van der Waals surface area contributed by atoms with Gasteiger partial charge in [0.05, 0.1) is 0 Å². The first-order valence-electron chi connectivity index (χ1n) is 3.30. The average molecular weight is 215 g/mol. The Kier molecular flexibility index (Phi) is 2.44. The van der Waals surface area contributed by atoms with E-state index in [1.54, 1.807) is 4.72 Å². The van der Waals surface area contributed by atoms with Crippen LogP contribution < -0.4 is 4.72 Å². The van der Waals surface area contributed by atoms with Gasteiger partial charge in [-0.05, 0) is 6.07 Å². The molecular formula is C6H5N3O4S. The third kappa shape index (κ3) is 1.83. The second-order valence-corrected chi connectivity index (χ2v) is 3.95. The number of nitrogens with one attached hydrogen (secondary N) is 2. The first-order valence-corrected chi connectivity index (χ1v) is 4.78. The van der Waals surface area contributed by atoms with Crippen molar-refractivity contribution in [3.8, 4) is 6.19 Å². The van der Waals surface area contributed by atoms with Crippen LogP contribution in [0.2, 0.25) is 0 Å². The van der Waals surface area contributed by atoms with Gasteiger partial charge >= 0.3 is 5.97 Å². The molecule has 7 nitrogen and oxygen atoms in total. The number of H-pyrrole nitrogens is 1. The lowest BCUT2D eigenvalue weighted by molar-refractivity contribution is 0.0691. The Bertz CT molecular complexity index is 495. The third-order valence-electron chi connectivity index (χ3n) is 1.38. The Balaban J connectivity index is 3.11. The summed E-state index contributed by atoms with van der Waals surface area (Å²) in [5.74, 6) is -1.27. The van der Waals surface area contributed by atoms with E-state index in [2.05, 4.69) is 4.98 Å². The van der Waals surface area contributed by atoms with Crippen molar-refractivity contribution in [2.75, 3.05) is 0 Å². The molecule has 0 saturated heterocycles. The Morgan fingerprint density at radius 2 is 2.29 bits per heavy atom. The highest BCUT2D eigenvalue weighted by Crippen LogP contribution is 2.09. The average Bonchev–Trinajstić information content (AvgIpc) is 2.51. The molecule has 1 aromatic heterocycles. The number of carbonyl (C=O) groups is 1. The summed E-state index contributed by atoms with van der Waals surface area (Å²) < 4.78 is 23.8. The lowest BCUT2D eigenvalue weighted by Crippen LogP contribution is -2.17. The van der Waals surface area contributed by atoms with E-state index >= 15 is 0 Å². The molecule has 0 aliphatic heterocycles. The highest BCUT2D eigenvalue weighted by Gasteiger charge is 2.17. The number of sulfonamides is 1. The summed E-state index contributed by atoms with van der Waals surface area (Å²) in [5, 5.41) is 16.6. The maximum atomic E-state index is 11.1. The number of aromatic amines is 1. The van der Waals surface area contributed by atoms with Crippen LogP contribution in [0, 0.1) is 11.5 Å². The van der Waals surface area contributed by atoms with Crippen molar-refractivity contribution in [3.63, 3.8) is 0 Å². The number of hydrogen-bond donors (Lipinski definition) is 3. The zero-order chi connectivity index (χ0) is 10.8. The summed E-state index contributed by atoms with van der Waals surface area (Å²) in [6.45, 7) is 0. The molecule has 8 heteroatoms. The van der Waals surface area contributed by atoms with Crippen LogP contribution in [-0.2, 0) is 10.0 Å². The monoisotopic (exact) mass is 215 g/mol. The standard InChI is InChI=1S/C6H5N3O4S/c7-3-9-14(12,13)4-1-5(6(10)11)8-2-4/h1-2,8-9H,(H,10,11). The van der Waals surface area contributed by atoms with E-state index in [4.69, 9.17) is 10.4 Å². The molecule has 1 heterocycles. The van der Waals surface area contributed by atoms with Crippen LogP contribution in [0.5, 0.6) is 0 Å². The van der Waals surface area contributed by atoms with Crippen molar-refractivity contribution in [3.05, 3.63) is 18.0 Å². The number of aromatic carboxylic acids is 1. The van der Waals surface area contributed by atoms with Crippen LogP contribution in [0.15, 0.2) is 17.2 Å². The maximum absolute atomic E-state index is 11.1. The SMILES string of the molecule is N#CNS(=O)(=O)c1c[nH]c(C(=O)O)c1. The normalized spacial score (nSPS) is 10.5. The van der Waals surface area contributed by atoms with Crippen LogP contribution in [-0.4, -0.2) is 24.5 Å². The summed E-state index contributed by atoms with van der Waals surface area (Å²) in [4.78, 5) is 12.3. The van der Waals surface area contributed by atoms with E-state index in [-0.39, 0.29) is 10.6 Å². The maximum Gasteiger partial charge on any atom is 0.352 e. The molecule has 0 saturated carbocycles. The van der Waals surface area contributed by atoms with Gasteiger partial charge < -0.3 is 10.1 Å². The molecule has 1 aromatic rings. The van der Waals surface area contributed by atoms with Crippen molar-refractivity contribution < 1.29 is 18.3 Å². The van der Waals surface area contributed by atoms with Gasteiger partial charge in [-0.2, -0.15) is 5.26 Å². The minimum Gasteiger partial charge on any atom is -0.477 e. The minimum absolute atomic E-state index is 0.261. The summed E-state index contributed by atoms with van der Waals surface area (Å²) in [7, 11) is -3.93. The van der Waals surface area contributed by atoms with E-state index in [0.717, 1.165) is 12.3 Å². The van der Waals surface area contributed by atoms with Crippen molar-refractivity contribution in [1.29, 1.82) is 5.26 Å². The number of carboxylic acids is 1. The second-order valence-electron chi connectivity index (χ2n) is 2.27. The molecule has 0 radical (unpaired) electrons. The smallest absolute Gasteiger partial charge is 0.352 e. The predicted octanol–water partition coefficient (Wildman–Crippen LogP) is -0.528. The molecule has 0 bridgehead atoms. The van der Waals surface area contributed by atoms with E-state index in [1.165, 1.54) is 6.19 Å². The fourth-order valence-electron chi connectivity index (χ4n) is 0.772. The van der Waals surface area contributed by atoms with E-state index < -0.39 is 16.0 Å². The lowest BCUT2D eigenvalue weighted by Gasteiger charge is -1.94. The van der Waals surface area contributed by atoms with E-state index in [1.807, 2.05) is 0 Å². The quantitative estimate of drug-likeness (QED) is 0.462. The van der Waals surface area contributed by atoms with Gasteiger partial charge in [0, 0.05) is 6.20 Å². The van der Waals surface area contributed by atoms with E-state index in [9.17, 15) is 13.2 Å². The largest absolute Gasteiger partial charge is 0.477 e. The highest BCUT2D eigenvalue weighted by atomic mass is 32.2. The van der Waals surface area contributed by atoms with Gasteiger partial charge in [-0.3, -0.25) is 0 Å². The topological polar surface area (TPSA) is 123 Å². The minimum atomic E-state index is -3.93. The molecule has 14 heavy (non-hydrogen) atoms. The van der Waals surface area contributed by atoms with Gasteiger partial charge in [0.1, 0.15) is 10.6 Å². The van der Waals surface area contributed by atoms with Gasteiger partial charge in [0.2, 0.25) is 0 Å². The first-order chi connectivity index (χ1) is 6.47. The Hall–Kier alpha value is -2.01. The molecule has 0 aliphatic carbocycles. The molecule has 0 aliphatic rings. The van der Waals surface area contributed by atoms with Crippen molar-refractivity contribution in [1.82, 2.24) is 9.71 Å². The lowest BCUT2D eigenvalue weighted by atomic mass is 10.4. The Morgan fingerprint density at radius 3 is 2.71 bits per heavy atom. The fourth-order valence-corrected chi connectivity index (χ4v) is 1.50. The van der Waals surface area contributed by atoms with Crippen LogP contribution in [0.4, 0.5) is 0 Å². The summed E-state index contributed by atoms with van der Waals surface area (Å²) in [6, 6.07) is 0.919. The van der Waals surface area contributed by atoms with Crippen LogP contribution in [0.1, 0.15) is 10.5 Å². The van der Waals surface area contributed by atoms with Crippen LogP contribution in [0.25, 0.3) is 0 Å². The van der Waals surface area contributed by atoms with Crippen molar-refractivity contribution in [2.24, 2.45) is 0 Å². The number of nitriles is 1. The fraction of sp³-hybridized carbons (Fsp3) is 0. The van der Waals surface area contributed by atoms with Gasteiger partial charge in [-0.1, -0.05) is 0 Å². The zero-order valence-corrected chi connectivity index (χ0v) is 7.50. The number of aromatic nitrogens is 1. The summed E-state index contributed by atoms with van der Waals surface area (Å²) >= 11 is 0. The molecule has 0 fully saturated rings. The molecule has 0 amide bonds. The number of hydrogen-bond acceptors (Lipinski definition) is 4.